The number of amides is 1. The summed E-state index contributed by atoms with van der Waals surface area (Å²) in [6.07, 6.45) is 4.24. The number of rotatable bonds is 6. The highest BCUT2D eigenvalue weighted by molar-refractivity contribution is 6.30. The van der Waals surface area contributed by atoms with Crippen LogP contribution in [0.2, 0.25) is 5.02 Å². The van der Waals surface area contributed by atoms with Gasteiger partial charge in [0.2, 0.25) is 5.91 Å². The topological polar surface area (TPSA) is 88.5 Å². The minimum absolute atomic E-state index is 0.00608. The first-order chi connectivity index (χ1) is 11.2. The summed E-state index contributed by atoms with van der Waals surface area (Å²) in [5.74, 6) is 0.0101. The molecule has 0 fully saturated rings. The molecule has 0 aliphatic heterocycles. The summed E-state index contributed by atoms with van der Waals surface area (Å²) in [7, 11) is 0. The molecule has 0 radical (unpaired) electrons. The Hall–Kier alpha value is -2.67. The van der Waals surface area contributed by atoms with Crippen LogP contribution in [0.1, 0.15) is 17.9 Å². The fraction of sp³-hybridized carbons (Fsp3) is 0.200. The van der Waals surface area contributed by atoms with E-state index < -0.39 is 0 Å². The minimum Gasteiger partial charge on any atom is -0.354 e. The summed E-state index contributed by atoms with van der Waals surface area (Å²) in [6.45, 7) is 0.689. The van der Waals surface area contributed by atoms with Crippen LogP contribution in [0.15, 0.2) is 48.8 Å². The minimum atomic E-state index is -0.168. The van der Waals surface area contributed by atoms with Gasteiger partial charge >= 0.3 is 0 Å². The van der Waals surface area contributed by atoms with Gasteiger partial charge in [0.25, 0.3) is 5.95 Å². The van der Waals surface area contributed by atoms with Gasteiger partial charge in [0, 0.05) is 36.3 Å². The zero-order valence-corrected chi connectivity index (χ0v) is 12.9. The fourth-order valence-corrected chi connectivity index (χ4v) is 2.51. The third-order valence-corrected chi connectivity index (χ3v) is 3.72. The van der Waals surface area contributed by atoms with Crippen LogP contribution in [-0.4, -0.2) is 31.1 Å². The van der Waals surface area contributed by atoms with E-state index in [2.05, 4.69) is 25.9 Å². The van der Waals surface area contributed by atoms with Crippen LogP contribution in [0, 0.1) is 0 Å². The highest BCUT2D eigenvalue weighted by Gasteiger charge is 2.18. The van der Waals surface area contributed by atoms with Gasteiger partial charge in [-0.1, -0.05) is 28.8 Å². The number of carbonyl (C=O) groups is 1. The smallest absolute Gasteiger partial charge is 0.269 e. The summed E-state index contributed by atoms with van der Waals surface area (Å²) in [5, 5.41) is 16.4. The van der Waals surface area contributed by atoms with Crippen LogP contribution >= 0.6 is 11.6 Å². The summed E-state index contributed by atoms with van der Waals surface area (Å²) in [6, 6.07) is 11.5. The molecule has 1 aromatic carbocycles. The summed E-state index contributed by atoms with van der Waals surface area (Å²) >= 11 is 5.95. The van der Waals surface area contributed by atoms with Crippen molar-refractivity contribution >= 4 is 23.5 Å². The molecule has 2 N–H and O–H groups in total. The molecule has 3 aromatic rings. The van der Waals surface area contributed by atoms with E-state index >= 15 is 0 Å². The number of tetrazole rings is 1. The first kappa shape index (κ1) is 15.2. The highest BCUT2D eigenvalue weighted by Crippen LogP contribution is 2.24. The Balaban J connectivity index is 1.74. The first-order valence-corrected chi connectivity index (χ1v) is 7.48. The number of carbonyl (C=O) groups excluding carboxylic acids is 1. The second kappa shape index (κ2) is 7.06. The lowest BCUT2D eigenvalue weighted by Crippen LogP contribution is -2.19. The van der Waals surface area contributed by atoms with Crippen LogP contribution in [0.4, 0.5) is 5.95 Å². The van der Waals surface area contributed by atoms with E-state index in [0.717, 1.165) is 5.56 Å². The van der Waals surface area contributed by atoms with Crippen molar-refractivity contribution in [3.8, 4) is 0 Å². The maximum Gasteiger partial charge on any atom is 0.269 e. The molecule has 0 bridgehead atoms. The summed E-state index contributed by atoms with van der Waals surface area (Å²) < 4.78 is 2.04. The molecule has 3 rings (SSSR count). The van der Waals surface area contributed by atoms with E-state index in [-0.39, 0.29) is 17.8 Å². The van der Waals surface area contributed by atoms with Gasteiger partial charge in [0.05, 0.1) is 0 Å². The molecule has 118 valence electrons. The lowest BCUT2D eigenvalue weighted by Gasteiger charge is -2.17. The average molecular weight is 331 g/mol. The van der Waals surface area contributed by atoms with Gasteiger partial charge in [-0.15, -0.1) is 5.10 Å². The van der Waals surface area contributed by atoms with E-state index in [1.807, 2.05) is 53.4 Å². The first-order valence-electron chi connectivity index (χ1n) is 7.10. The summed E-state index contributed by atoms with van der Waals surface area (Å²) in [5.41, 5.74) is 1.05. The van der Waals surface area contributed by atoms with Crippen molar-refractivity contribution in [1.29, 1.82) is 0 Å². The Morgan fingerprint density at radius 3 is 2.65 bits per heavy atom. The van der Waals surface area contributed by atoms with Crippen molar-refractivity contribution in [1.82, 2.24) is 25.2 Å². The third-order valence-electron chi connectivity index (χ3n) is 3.47. The molecule has 0 saturated carbocycles. The molecule has 0 aliphatic carbocycles. The van der Waals surface area contributed by atoms with Crippen molar-refractivity contribution in [3.63, 3.8) is 0 Å². The number of hydrogen-bond acceptors (Lipinski definition) is 4. The molecule has 0 saturated heterocycles. The fourth-order valence-electron chi connectivity index (χ4n) is 2.38. The summed E-state index contributed by atoms with van der Waals surface area (Å²) in [4.78, 5) is 12.2. The Morgan fingerprint density at radius 1 is 1.26 bits per heavy atom. The molecule has 2 heterocycles. The number of benzene rings is 1. The molecular formula is C15H15ClN6O. The highest BCUT2D eigenvalue weighted by atomic mass is 35.5. The maximum absolute atomic E-state index is 12.2. The molecule has 0 spiro atoms. The Morgan fingerprint density at radius 2 is 2.00 bits per heavy atom. The lowest BCUT2D eigenvalue weighted by molar-refractivity contribution is -0.116. The van der Waals surface area contributed by atoms with Crippen LogP contribution < -0.4 is 5.32 Å². The lowest BCUT2D eigenvalue weighted by atomic mass is 9.95. The van der Waals surface area contributed by atoms with E-state index in [1.54, 1.807) is 0 Å². The number of nitrogens with one attached hydrogen (secondary N) is 2. The van der Waals surface area contributed by atoms with E-state index in [0.29, 0.717) is 18.0 Å². The molecule has 8 heteroatoms. The Kier molecular flexibility index (Phi) is 4.68. The zero-order valence-electron chi connectivity index (χ0n) is 12.2. The SMILES string of the molecule is O=C(C[C@H](Cn1cccc1)c1ccc(Cl)cc1)Nc1nn[nH]n1. The van der Waals surface area contributed by atoms with Gasteiger partial charge in [-0.05, 0) is 35.0 Å². The normalized spacial score (nSPS) is 12.0. The maximum atomic E-state index is 12.2. The third kappa shape index (κ3) is 4.17. The van der Waals surface area contributed by atoms with E-state index in [4.69, 9.17) is 11.6 Å². The zero-order chi connectivity index (χ0) is 16.1. The predicted octanol–water partition coefficient (Wildman–Crippen LogP) is 2.47. The largest absolute Gasteiger partial charge is 0.354 e. The van der Waals surface area contributed by atoms with E-state index in [1.165, 1.54) is 0 Å². The predicted molar refractivity (Wildman–Crippen MR) is 86.0 cm³/mol. The van der Waals surface area contributed by atoms with Crippen molar-refractivity contribution in [2.45, 2.75) is 18.9 Å². The van der Waals surface area contributed by atoms with Crippen LogP contribution in [0.25, 0.3) is 0 Å². The van der Waals surface area contributed by atoms with Gasteiger partial charge < -0.3 is 4.57 Å². The van der Waals surface area contributed by atoms with Crippen LogP contribution in [-0.2, 0) is 11.3 Å². The number of aromatic nitrogens is 5. The molecule has 0 unspecified atom stereocenters. The molecule has 2 aromatic heterocycles. The molecule has 1 atom stereocenters. The molecule has 7 nitrogen and oxygen atoms in total. The van der Waals surface area contributed by atoms with Crippen LogP contribution in [0.5, 0.6) is 0 Å². The number of aromatic amines is 1. The molecule has 23 heavy (non-hydrogen) atoms. The Labute approximate surface area is 137 Å². The second-order valence-electron chi connectivity index (χ2n) is 5.12. The van der Waals surface area contributed by atoms with Crippen molar-refractivity contribution in [3.05, 3.63) is 59.4 Å². The van der Waals surface area contributed by atoms with Gasteiger partial charge in [0.15, 0.2) is 0 Å². The van der Waals surface area contributed by atoms with Gasteiger partial charge in [-0.3, -0.25) is 10.1 Å². The molecular weight excluding hydrogens is 316 g/mol. The number of H-pyrrole nitrogens is 1. The number of halogens is 1. The van der Waals surface area contributed by atoms with Crippen molar-refractivity contribution in [2.75, 3.05) is 5.32 Å². The quantitative estimate of drug-likeness (QED) is 0.726. The van der Waals surface area contributed by atoms with E-state index in [9.17, 15) is 4.79 Å². The standard InChI is InChI=1S/C15H15ClN6O/c16-13-5-3-11(4-6-13)12(10-22-7-1-2-8-22)9-14(23)17-15-18-20-21-19-15/h1-8,12H,9-10H2,(H2,17,18,19,20,21,23)/t12-/m1/s1. The van der Waals surface area contributed by atoms with Crippen molar-refractivity contribution in [2.24, 2.45) is 0 Å². The van der Waals surface area contributed by atoms with Crippen LogP contribution in [0.3, 0.4) is 0 Å². The molecule has 1 amide bonds. The van der Waals surface area contributed by atoms with Gasteiger partial charge in [-0.25, -0.2) is 0 Å². The van der Waals surface area contributed by atoms with Gasteiger partial charge in [0.1, 0.15) is 0 Å². The number of hydrogen-bond donors (Lipinski definition) is 2. The van der Waals surface area contributed by atoms with Gasteiger partial charge in [-0.2, -0.15) is 5.21 Å². The number of anilines is 1. The Bertz CT molecular complexity index is 739. The average Bonchev–Trinajstić information content (AvgIpc) is 3.21. The monoisotopic (exact) mass is 330 g/mol. The van der Waals surface area contributed by atoms with Crippen molar-refractivity contribution < 1.29 is 4.79 Å². The molecule has 0 aliphatic rings. The number of nitrogens with zero attached hydrogens (tertiary/aromatic N) is 4. The second-order valence-corrected chi connectivity index (χ2v) is 5.55.